The summed E-state index contributed by atoms with van der Waals surface area (Å²) < 4.78 is 60.9. The molecule has 0 aromatic heterocycles. The van der Waals surface area contributed by atoms with Gasteiger partial charge >= 0.3 is 35.8 Å². The van der Waals surface area contributed by atoms with Crippen molar-refractivity contribution in [3.05, 3.63) is 215 Å². The molecule has 16 nitrogen and oxygen atoms in total. The van der Waals surface area contributed by atoms with Crippen LogP contribution >= 0.6 is 0 Å². The van der Waals surface area contributed by atoms with E-state index in [9.17, 15) is 28.8 Å². The summed E-state index contributed by atoms with van der Waals surface area (Å²) in [7, 11) is 1.27. The number of methoxy groups -OCH3 is 1. The average molecular weight is 951 g/mol. The molecule has 0 bridgehead atoms. The van der Waals surface area contributed by atoms with Crippen molar-refractivity contribution in [1.29, 1.82) is 0 Å². The van der Waals surface area contributed by atoms with E-state index in [0.29, 0.717) is 0 Å². The molecule has 358 valence electrons. The minimum Gasteiger partial charge on any atom is -0.459 e. The van der Waals surface area contributed by atoms with Crippen molar-refractivity contribution in [2.75, 3.05) is 20.3 Å². The highest BCUT2D eigenvalue weighted by Crippen LogP contribution is 2.34. The maximum atomic E-state index is 14.0. The van der Waals surface area contributed by atoms with Crippen LogP contribution in [0.5, 0.6) is 0 Å². The van der Waals surface area contributed by atoms with Gasteiger partial charge in [0.1, 0.15) is 18.8 Å². The smallest absolute Gasteiger partial charge is 0.338 e. The van der Waals surface area contributed by atoms with Crippen LogP contribution in [0.1, 0.15) is 62.1 Å². The summed E-state index contributed by atoms with van der Waals surface area (Å²) in [6, 6.07) is 48.1. The first-order valence-corrected chi connectivity index (χ1v) is 22.1. The maximum Gasteiger partial charge on any atom is 0.338 e. The van der Waals surface area contributed by atoms with Gasteiger partial charge in [-0.2, -0.15) is 0 Å². The highest BCUT2D eigenvalue weighted by atomic mass is 16.8. The maximum absolute atomic E-state index is 14.0. The average Bonchev–Trinajstić information content (AvgIpc) is 3.73. The fourth-order valence-corrected chi connectivity index (χ4v) is 7.67. The number of benzene rings is 6. The Bertz CT molecular complexity index is 2690. The molecule has 0 saturated carbocycles. The second kappa shape index (κ2) is 23.3. The van der Waals surface area contributed by atoms with E-state index in [0.717, 1.165) is 0 Å². The van der Waals surface area contributed by atoms with Crippen molar-refractivity contribution in [1.82, 2.24) is 0 Å². The van der Waals surface area contributed by atoms with Gasteiger partial charge in [0.2, 0.25) is 0 Å². The van der Waals surface area contributed by atoms with Crippen LogP contribution in [0.2, 0.25) is 0 Å². The molecule has 9 atom stereocenters. The SMILES string of the molecule is CO[C@H]1O[C@H](CO[C@H]2O[C@H](COC(=O)c3ccccc3)[C@H](OC(=O)c3ccccc3)[C@@H]2OC(=O)c2ccccc2)[C@@H](OC(=O)c2ccccc2)[C@H](OC(=O)c2ccccc2)[C@H]1OC(=O)c1ccccc1. The van der Waals surface area contributed by atoms with Gasteiger partial charge < -0.3 is 47.4 Å². The Morgan fingerprint density at radius 2 is 0.614 bits per heavy atom. The van der Waals surface area contributed by atoms with E-state index in [4.69, 9.17) is 47.4 Å². The van der Waals surface area contributed by atoms with E-state index in [-0.39, 0.29) is 33.4 Å². The molecule has 6 aromatic carbocycles. The Labute approximate surface area is 401 Å². The molecule has 0 aliphatic carbocycles. The van der Waals surface area contributed by atoms with Crippen molar-refractivity contribution in [2.24, 2.45) is 0 Å². The number of hydrogen-bond acceptors (Lipinski definition) is 16. The summed E-state index contributed by atoms with van der Waals surface area (Å²) in [5.41, 5.74) is 0.905. The van der Waals surface area contributed by atoms with Crippen LogP contribution in [0.3, 0.4) is 0 Å². The Morgan fingerprint density at radius 1 is 0.343 bits per heavy atom. The minimum atomic E-state index is -1.62. The third-order valence-electron chi connectivity index (χ3n) is 11.2. The third kappa shape index (κ3) is 12.0. The second-order valence-electron chi connectivity index (χ2n) is 15.8. The van der Waals surface area contributed by atoms with Gasteiger partial charge in [-0.1, -0.05) is 109 Å². The van der Waals surface area contributed by atoms with E-state index < -0.39 is 104 Å². The number of hydrogen-bond donors (Lipinski definition) is 0. The van der Waals surface area contributed by atoms with Crippen LogP contribution in [0.4, 0.5) is 0 Å². The standard InChI is InChI=1S/C54H46O16/c1-61-53-46(70-52(60)39-30-18-7-19-31-39)44(68-50(58)37-26-14-5-15-27-37)42(66-48(56)35-22-10-3-11-23-35)41(64-53)33-63-54-45(69-51(59)38-28-16-6-17-29-38)43(67-49(57)36-24-12-4-13-25-36)40(65-54)32-62-47(55)34-20-8-2-9-21-34/h2-31,40-46,53-54H,32-33H2,1H3/t40-,41-,42-,43+,44+,45+,46-,53+,54+/m1/s1. The van der Waals surface area contributed by atoms with Crippen LogP contribution in [0.15, 0.2) is 182 Å². The lowest BCUT2D eigenvalue weighted by molar-refractivity contribution is -0.302. The van der Waals surface area contributed by atoms with E-state index in [1.807, 2.05) is 0 Å². The van der Waals surface area contributed by atoms with Gasteiger partial charge in [0.15, 0.2) is 43.1 Å². The lowest BCUT2D eigenvalue weighted by Crippen LogP contribution is -2.63. The topological polar surface area (TPSA) is 195 Å². The van der Waals surface area contributed by atoms with Gasteiger partial charge in [-0.05, 0) is 72.8 Å². The number of carbonyl (C=O) groups excluding carboxylic acids is 6. The molecule has 2 aliphatic heterocycles. The summed E-state index contributed by atoms with van der Waals surface area (Å²) in [5, 5.41) is 0. The molecule has 0 spiro atoms. The predicted octanol–water partition coefficient (Wildman–Crippen LogP) is 7.08. The molecule has 8 rings (SSSR count). The molecular formula is C54H46O16. The van der Waals surface area contributed by atoms with Crippen LogP contribution < -0.4 is 0 Å². The fraction of sp³-hybridized carbons (Fsp3) is 0.222. The number of rotatable bonds is 17. The van der Waals surface area contributed by atoms with E-state index >= 15 is 0 Å². The number of carbonyl (C=O) groups is 6. The molecule has 70 heavy (non-hydrogen) atoms. The predicted molar refractivity (Wildman–Crippen MR) is 245 cm³/mol. The molecular weight excluding hydrogens is 905 g/mol. The van der Waals surface area contributed by atoms with Gasteiger partial charge in [0.25, 0.3) is 0 Å². The summed E-state index contributed by atoms with van der Waals surface area (Å²) in [5.74, 6) is -4.96. The van der Waals surface area contributed by atoms with Crippen LogP contribution in [-0.4, -0.2) is 111 Å². The van der Waals surface area contributed by atoms with Gasteiger partial charge in [-0.25, -0.2) is 28.8 Å². The largest absolute Gasteiger partial charge is 0.459 e. The molecule has 0 unspecified atom stereocenters. The lowest BCUT2D eigenvalue weighted by atomic mass is 9.97. The molecule has 0 amide bonds. The van der Waals surface area contributed by atoms with Crippen LogP contribution in [0, 0.1) is 0 Å². The molecule has 2 aliphatic rings. The molecule has 0 radical (unpaired) electrons. The second-order valence-corrected chi connectivity index (χ2v) is 15.8. The summed E-state index contributed by atoms with van der Waals surface area (Å²) >= 11 is 0. The van der Waals surface area contributed by atoms with Crippen molar-refractivity contribution in [3.63, 3.8) is 0 Å². The lowest BCUT2D eigenvalue weighted by Gasteiger charge is -2.44. The first-order chi connectivity index (χ1) is 34.2. The van der Waals surface area contributed by atoms with Gasteiger partial charge in [-0.15, -0.1) is 0 Å². The molecule has 16 heteroatoms. The number of esters is 6. The van der Waals surface area contributed by atoms with Crippen molar-refractivity contribution >= 4 is 35.8 Å². The molecule has 6 aromatic rings. The summed E-state index contributed by atoms with van der Waals surface area (Å²) in [4.78, 5) is 82.5. The minimum absolute atomic E-state index is 0.116. The van der Waals surface area contributed by atoms with Gasteiger partial charge in [0.05, 0.1) is 40.0 Å². The number of ether oxygens (including phenoxy) is 10. The first-order valence-electron chi connectivity index (χ1n) is 22.1. The molecule has 2 saturated heterocycles. The zero-order valence-corrected chi connectivity index (χ0v) is 37.5. The summed E-state index contributed by atoms with van der Waals surface area (Å²) in [6.07, 6.45) is -13.6. The molecule has 0 N–H and O–H groups in total. The van der Waals surface area contributed by atoms with Crippen molar-refractivity contribution in [3.8, 4) is 0 Å². The fourth-order valence-electron chi connectivity index (χ4n) is 7.67. The monoisotopic (exact) mass is 950 g/mol. The Balaban J connectivity index is 1.14. The molecule has 2 fully saturated rings. The van der Waals surface area contributed by atoms with E-state index in [2.05, 4.69) is 0 Å². The zero-order valence-electron chi connectivity index (χ0n) is 37.5. The van der Waals surface area contributed by atoms with Gasteiger partial charge in [0, 0.05) is 7.11 Å². The Morgan fingerprint density at radius 3 is 0.971 bits per heavy atom. The Kier molecular flexibility index (Phi) is 16.1. The highest BCUT2D eigenvalue weighted by Gasteiger charge is 2.55. The molecule has 2 heterocycles. The normalized spacial score (nSPS) is 22.7. The first kappa shape index (κ1) is 48.4. The van der Waals surface area contributed by atoms with Crippen LogP contribution in [0.25, 0.3) is 0 Å². The third-order valence-corrected chi connectivity index (χ3v) is 11.2. The van der Waals surface area contributed by atoms with Crippen molar-refractivity contribution in [2.45, 2.75) is 55.3 Å². The van der Waals surface area contributed by atoms with Crippen LogP contribution in [-0.2, 0) is 47.4 Å². The Hall–Kier alpha value is -8.02. The zero-order chi connectivity index (χ0) is 48.8. The quantitative estimate of drug-likeness (QED) is 0.0664. The highest BCUT2D eigenvalue weighted by molar-refractivity contribution is 5.92. The summed E-state index contributed by atoms with van der Waals surface area (Å²) in [6.45, 7) is -1.10. The van der Waals surface area contributed by atoms with Gasteiger partial charge in [-0.3, -0.25) is 0 Å². The van der Waals surface area contributed by atoms with Crippen molar-refractivity contribution < 1.29 is 76.1 Å². The van der Waals surface area contributed by atoms with E-state index in [1.54, 1.807) is 121 Å². The van der Waals surface area contributed by atoms with E-state index in [1.165, 1.54) is 67.8 Å².